The van der Waals surface area contributed by atoms with Crippen molar-refractivity contribution in [2.45, 2.75) is 39.5 Å². The standard InChI is InChI=1S/C17H21N3O/c1-3-4-8-15-9-10-16(20-19-15)18-17(21)12-14-7-5-6-13(2)11-14/h5-7,9-11H,3-4,8,12H2,1-2H3,(H,18,20,21). The number of anilines is 1. The first kappa shape index (κ1) is 15.2. The number of rotatable bonds is 6. The van der Waals surface area contributed by atoms with Crippen LogP contribution in [0.4, 0.5) is 5.82 Å². The van der Waals surface area contributed by atoms with Gasteiger partial charge in [-0.15, -0.1) is 5.10 Å². The van der Waals surface area contributed by atoms with E-state index in [1.54, 1.807) is 0 Å². The molecule has 0 bridgehead atoms. The van der Waals surface area contributed by atoms with Gasteiger partial charge in [-0.2, -0.15) is 5.10 Å². The smallest absolute Gasteiger partial charge is 0.229 e. The maximum Gasteiger partial charge on any atom is 0.229 e. The van der Waals surface area contributed by atoms with E-state index in [1.165, 1.54) is 0 Å². The van der Waals surface area contributed by atoms with E-state index in [2.05, 4.69) is 22.4 Å². The maximum absolute atomic E-state index is 12.0. The summed E-state index contributed by atoms with van der Waals surface area (Å²) in [4.78, 5) is 12.0. The molecule has 21 heavy (non-hydrogen) atoms. The van der Waals surface area contributed by atoms with Crippen molar-refractivity contribution in [3.63, 3.8) is 0 Å². The summed E-state index contributed by atoms with van der Waals surface area (Å²) in [7, 11) is 0. The lowest BCUT2D eigenvalue weighted by Gasteiger charge is -2.05. The van der Waals surface area contributed by atoms with Crippen LogP contribution in [0.25, 0.3) is 0 Å². The number of carbonyl (C=O) groups excluding carboxylic acids is 1. The molecule has 0 aliphatic heterocycles. The van der Waals surface area contributed by atoms with Gasteiger partial charge in [0.15, 0.2) is 5.82 Å². The fourth-order valence-electron chi connectivity index (χ4n) is 2.11. The summed E-state index contributed by atoms with van der Waals surface area (Å²) >= 11 is 0. The summed E-state index contributed by atoms with van der Waals surface area (Å²) < 4.78 is 0. The van der Waals surface area contributed by atoms with Crippen LogP contribution < -0.4 is 5.32 Å². The Morgan fingerprint density at radius 1 is 1.19 bits per heavy atom. The molecule has 0 saturated heterocycles. The number of nitrogens with one attached hydrogen (secondary N) is 1. The number of hydrogen-bond acceptors (Lipinski definition) is 3. The minimum absolute atomic E-state index is 0.0730. The fourth-order valence-corrected chi connectivity index (χ4v) is 2.11. The number of carbonyl (C=O) groups is 1. The van der Waals surface area contributed by atoms with Crippen LogP contribution in [0.5, 0.6) is 0 Å². The van der Waals surface area contributed by atoms with Crippen LogP contribution in [-0.4, -0.2) is 16.1 Å². The van der Waals surface area contributed by atoms with Gasteiger partial charge >= 0.3 is 0 Å². The van der Waals surface area contributed by atoms with Gasteiger partial charge in [0.25, 0.3) is 0 Å². The molecule has 1 amide bonds. The molecule has 4 nitrogen and oxygen atoms in total. The molecule has 0 aliphatic carbocycles. The highest BCUT2D eigenvalue weighted by Gasteiger charge is 2.06. The summed E-state index contributed by atoms with van der Waals surface area (Å²) in [6, 6.07) is 11.7. The number of aromatic nitrogens is 2. The minimum atomic E-state index is -0.0730. The Labute approximate surface area is 125 Å². The zero-order chi connectivity index (χ0) is 15.1. The zero-order valence-corrected chi connectivity index (χ0v) is 12.6. The molecule has 2 aromatic rings. The normalized spacial score (nSPS) is 10.4. The number of unbranched alkanes of at least 4 members (excludes halogenated alkanes) is 1. The summed E-state index contributed by atoms with van der Waals surface area (Å²) in [6.07, 6.45) is 3.52. The molecule has 4 heteroatoms. The molecule has 0 unspecified atom stereocenters. The van der Waals surface area contributed by atoms with Gasteiger partial charge in [-0.1, -0.05) is 43.2 Å². The Kier molecular flexibility index (Phi) is 5.43. The van der Waals surface area contributed by atoms with Crippen LogP contribution in [0.1, 0.15) is 36.6 Å². The highest BCUT2D eigenvalue weighted by Crippen LogP contribution is 2.08. The SMILES string of the molecule is CCCCc1ccc(NC(=O)Cc2cccc(C)c2)nn1. The molecule has 0 aliphatic rings. The zero-order valence-electron chi connectivity index (χ0n) is 12.6. The monoisotopic (exact) mass is 283 g/mol. The van der Waals surface area contributed by atoms with Crippen LogP contribution in [0, 0.1) is 6.92 Å². The Morgan fingerprint density at radius 2 is 2.05 bits per heavy atom. The summed E-state index contributed by atoms with van der Waals surface area (Å²) in [5, 5.41) is 11.0. The van der Waals surface area contributed by atoms with Gasteiger partial charge in [-0.05, 0) is 37.5 Å². The first-order valence-corrected chi connectivity index (χ1v) is 7.35. The molecular weight excluding hydrogens is 262 g/mol. The van der Waals surface area contributed by atoms with Gasteiger partial charge in [-0.3, -0.25) is 4.79 Å². The average molecular weight is 283 g/mol. The highest BCUT2D eigenvalue weighted by molar-refractivity contribution is 5.91. The van der Waals surface area contributed by atoms with Crippen molar-refractivity contribution < 1.29 is 4.79 Å². The third-order valence-corrected chi connectivity index (χ3v) is 3.22. The lowest BCUT2D eigenvalue weighted by atomic mass is 10.1. The molecule has 0 saturated carbocycles. The second-order valence-electron chi connectivity index (χ2n) is 5.23. The minimum Gasteiger partial charge on any atom is -0.309 e. The number of benzene rings is 1. The molecule has 0 atom stereocenters. The van der Waals surface area contributed by atoms with E-state index >= 15 is 0 Å². The van der Waals surface area contributed by atoms with Crippen LogP contribution in [0.15, 0.2) is 36.4 Å². The number of nitrogens with zero attached hydrogens (tertiary/aromatic N) is 2. The van der Waals surface area contributed by atoms with Crippen LogP contribution >= 0.6 is 0 Å². The average Bonchev–Trinajstić information content (AvgIpc) is 2.46. The predicted octanol–water partition coefficient (Wildman–Crippen LogP) is 3.31. The van der Waals surface area contributed by atoms with E-state index in [0.29, 0.717) is 12.2 Å². The van der Waals surface area contributed by atoms with E-state index in [0.717, 1.165) is 36.1 Å². The molecule has 0 fully saturated rings. The molecule has 1 heterocycles. The van der Waals surface area contributed by atoms with E-state index in [-0.39, 0.29) is 5.91 Å². The fraction of sp³-hybridized carbons (Fsp3) is 0.353. The van der Waals surface area contributed by atoms with Gasteiger partial charge in [0.1, 0.15) is 0 Å². The van der Waals surface area contributed by atoms with Gasteiger partial charge < -0.3 is 5.32 Å². The number of amides is 1. The van der Waals surface area contributed by atoms with Gasteiger partial charge in [-0.25, -0.2) is 0 Å². The van der Waals surface area contributed by atoms with Crippen LogP contribution in [-0.2, 0) is 17.6 Å². The molecular formula is C17H21N3O. The third-order valence-electron chi connectivity index (χ3n) is 3.22. The molecule has 0 spiro atoms. The Morgan fingerprint density at radius 3 is 2.71 bits per heavy atom. The second kappa shape index (κ2) is 7.53. The van der Waals surface area contributed by atoms with Gasteiger partial charge in [0.2, 0.25) is 5.91 Å². The Hall–Kier alpha value is -2.23. The van der Waals surface area contributed by atoms with E-state index in [9.17, 15) is 4.79 Å². The van der Waals surface area contributed by atoms with E-state index in [4.69, 9.17) is 0 Å². The van der Waals surface area contributed by atoms with Crippen molar-refractivity contribution in [2.75, 3.05) is 5.32 Å². The van der Waals surface area contributed by atoms with E-state index < -0.39 is 0 Å². The summed E-state index contributed by atoms with van der Waals surface area (Å²) in [5.74, 6) is 0.434. The molecule has 1 aromatic carbocycles. The maximum atomic E-state index is 12.0. The third kappa shape index (κ3) is 4.99. The van der Waals surface area contributed by atoms with Crippen molar-refractivity contribution in [1.29, 1.82) is 0 Å². The lowest BCUT2D eigenvalue weighted by molar-refractivity contribution is -0.115. The first-order chi connectivity index (χ1) is 10.2. The van der Waals surface area contributed by atoms with E-state index in [1.807, 2.05) is 43.3 Å². The lowest BCUT2D eigenvalue weighted by Crippen LogP contribution is -2.15. The highest BCUT2D eigenvalue weighted by atomic mass is 16.1. The predicted molar refractivity (Wildman–Crippen MR) is 84.2 cm³/mol. The van der Waals surface area contributed by atoms with Crippen molar-refractivity contribution in [3.05, 3.63) is 53.2 Å². The number of aryl methyl sites for hydroxylation is 2. The molecule has 2 rings (SSSR count). The summed E-state index contributed by atoms with van der Waals surface area (Å²) in [5.41, 5.74) is 3.12. The van der Waals surface area contributed by atoms with Crippen molar-refractivity contribution >= 4 is 11.7 Å². The molecule has 0 radical (unpaired) electrons. The van der Waals surface area contributed by atoms with Gasteiger partial charge in [0, 0.05) is 0 Å². The molecule has 1 N–H and O–H groups in total. The molecule has 110 valence electrons. The van der Waals surface area contributed by atoms with Crippen molar-refractivity contribution in [3.8, 4) is 0 Å². The second-order valence-corrected chi connectivity index (χ2v) is 5.23. The number of hydrogen-bond donors (Lipinski definition) is 1. The molecule has 1 aromatic heterocycles. The van der Waals surface area contributed by atoms with Gasteiger partial charge in [0.05, 0.1) is 12.1 Å². The van der Waals surface area contributed by atoms with Crippen molar-refractivity contribution in [2.24, 2.45) is 0 Å². The first-order valence-electron chi connectivity index (χ1n) is 7.35. The Balaban J connectivity index is 1.90. The summed E-state index contributed by atoms with van der Waals surface area (Å²) in [6.45, 7) is 4.16. The largest absolute Gasteiger partial charge is 0.309 e. The quantitative estimate of drug-likeness (QED) is 0.885. The topological polar surface area (TPSA) is 54.9 Å². The van der Waals surface area contributed by atoms with Crippen LogP contribution in [0.2, 0.25) is 0 Å². The Bertz CT molecular complexity index is 593. The van der Waals surface area contributed by atoms with Crippen LogP contribution in [0.3, 0.4) is 0 Å². The van der Waals surface area contributed by atoms with Crippen molar-refractivity contribution in [1.82, 2.24) is 10.2 Å².